The zero-order chi connectivity index (χ0) is 12.3. The molecule has 0 saturated heterocycles. The van der Waals surface area contributed by atoms with Crippen molar-refractivity contribution in [2.45, 2.75) is 31.8 Å². The normalized spacial score (nSPS) is 18.2. The molecule has 1 aliphatic carbocycles. The van der Waals surface area contributed by atoms with Gasteiger partial charge in [-0.05, 0) is 31.9 Å². The molecule has 0 amide bonds. The molecule has 1 aliphatic rings. The van der Waals surface area contributed by atoms with Crippen LogP contribution in [0.2, 0.25) is 0 Å². The van der Waals surface area contributed by atoms with Crippen molar-refractivity contribution in [3.63, 3.8) is 0 Å². The maximum atomic E-state index is 11.7. The summed E-state index contributed by atoms with van der Waals surface area (Å²) in [4.78, 5) is 0. The van der Waals surface area contributed by atoms with Crippen LogP contribution >= 0.6 is 0 Å². The quantitative estimate of drug-likeness (QED) is 0.765. The van der Waals surface area contributed by atoms with E-state index >= 15 is 0 Å². The van der Waals surface area contributed by atoms with Crippen LogP contribution in [0.1, 0.15) is 31.6 Å². The van der Waals surface area contributed by atoms with Crippen LogP contribution in [0, 0.1) is 0 Å². The Morgan fingerprint density at radius 2 is 2.29 bits per heavy atom. The van der Waals surface area contributed by atoms with Gasteiger partial charge in [-0.1, -0.05) is 0 Å². The Kier molecular flexibility index (Phi) is 3.86. The molecule has 0 bridgehead atoms. The van der Waals surface area contributed by atoms with Gasteiger partial charge in [0.25, 0.3) is 0 Å². The summed E-state index contributed by atoms with van der Waals surface area (Å²) in [5.41, 5.74) is 0. The summed E-state index contributed by atoms with van der Waals surface area (Å²) in [6.45, 7) is 2.27. The fourth-order valence-electron chi connectivity index (χ4n) is 1.61. The molecular weight excluding hydrogens is 240 g/mol. The van der Waals surface area contributed by atoms with Crippen LogP contribution < -0.4 is 10.0 Å². The molecule has 2 rings (SSSR count). The number of nitrogens with one attached hydrogen (secondary N) is 2. The molecule has 1 atom stereocenters. The zero-order valence-corrected chi connectivity index (χ0v) is 10.7. The Hall–Kier alpha value is -0.850. The van der Waals surface area contributed by atoms with E-state index in [0.29, 0.717) is 18.3 Å². The number of hydrogen-bond acceptors (Lipinski definition) is 4. The zero-order valence-electron chi connectivity index (χ0n) is 9.85. The third-order valence-corrected chi connectivity index (χ3v) is 4.16. The largest absolute Gasteiger partial charge is 0.468 e. The van der Waals surface area contributed by atoms with Crippen LogP contribution in [0.5, 0.6) is 0 Å². The first-order valence-electron chi connectivity index (χ1n) is 5.83. The summed E-state index contributed by atoms with van der Waals surface area (Å²) in [5.74, 6) is 0.734. The molecule has 17 heavy (non-hydrogen) atoms. The third-order valence-electron chi connectivity index (χ3n) is 2.71. The highest BCUT2D eigenvalue weighted by Crippen LogP contribution is 2.18. The second-order valence-electron chi connectivity index (χ2n) is 4.40. The van der Waals surface area contributed by atoms with E-state index in [0.717, 1.165) is 12.8 Å². The SMILES string of the molecule is CC(NS(=O)(=O)CCNC1CC1)c1ccco1. The molecule has 6 heteroatoms. The molecule has 1 aromatic heterocycles. The highest BCUT2D eigenvalue weighted by Gasteiger charge is 2.22. The van der Waals surface area contributed by atoms with Gasteiger partial charge in [0.05, 0.1) is 18.1 Å². The Bertz CT molecular complexity index is 437. The van der Waals surface area contributed by atoms with Crippen LogP contribution in [-0.2, 0) is 10.0 Å². The monoisotopic (exact) mass is 258 g/mol. The van der Waals surface area contributed by atoms with Gasteiger partial charge in [0.2, 0.25) is 10.0 Å². The van der Waals surface area contributed by atoms with E-state index in [1.54, 1.807) is 19.1 Å². The van der Waals surface area contributed by atoms with Gasteiger partial charge in [0, 0.05) is 12.6 Å². The lowest BCUT2D eigenvalue weighted by Crippen LogP contribution is -2.34. The number of sulfonamides is 1. The van der Waals surface area contributed by atoms with E-state index in [1.165, 1.54) is 6.26 Å². The van der Waals surface area contributed by atoms with Gasteiger partial charge in [-0.25, -0.2) is 13.1 Å². The van der Waals surface area contributed by atoms with Crippen molar-refractivity contribution < 1.29 is 12.8 Å². The summed E-state index contributed by atoms with van der Waals surface area (Å²) in [6.07, 6.45) is 3.86. The van der Waals surface area contributed by atoms with Gasteiger partial charge < -0.3 is 9.73 Å². The van der Waals surface area contributed by atoms with Crippen molar-refractivity contribution in [1.82, 2.24) is 10.0 Å². The third kappa shape index (κ3) is 4.14. The minimum atomic E-state index is -3.25. The summed E-state index contributed by atoms with van der Waals surface area (Å²) >= 11 is 0. The van der Waals surface area contributed by atoms with E-state index in [1.807, 2.05) is 0 Å². The Balaban J connectivity index is 1.79. The predicted octanol–water partition coefficient (Wildman–Crippen LogP) is 1.01. The first kappa shape index (κ1) is 12.6. The first-order valence-corrected chi connectivity index (χ1v) is 7.49. The fourth-order valence-corrected chi connectivity index (χ4v) is 2.77. The molecular formula is C11H18N2O3S. The molecule has 0 aromatic carbocycles. The van der Waals surface area contributed by atoms with E-state index in [-0.39, 0.29) is 11.8 Å². The average molecular weight is 258 g/mol. The lowest BCUT2D eigenvalue weighted by Gasteiger charge is -2.12. The van der Waals surface area contributed by atoms with Crippen LogP contribution in [0.4, 0.5) is 0 Å². The van der Waals surface area contributed by atoms with Crippen molar-refractivity contribution in [3.05, 3.63) is 24.2 Å². The molecule has 0 radical (unpaired) electrons. The summed E-state index contributed by atoms with van der Waals surface area (Å²) in [6, 6.07) is 3.72. The van der Waals surface area contributed by atoms with Crippen molar-refractivity contribution in [2.75, 3.05) is 12.3 Å². The molecule has 5 nitrogen and oxygen atoms in total. The van der Waals surface area contributed by atoms with Gasteiger partial charge in [0.1, 0.15) is 5.76 Å². The van der Waals surface area contributed by atoms with Gasteiger partial charge in [0.15, 0.2) is 0 Å². The smallest absolute Gasteiger partial charge is 0.213 e. The maximum absolute atomic E-state index is 11.7. The van der Waals surface area contributed by atoms with Crippen molar-refractivity contribution in [3.8, 4) is 0 Å². The maximum Gasteiger partial charge on any atom is 0.213 e. The van der Waals surface area contributed by atoms with E-state index in [9.17, 15) is 8.42 Å². The van der Waals surface area contributed by atoms with Crippen LogP contribution in [0.3, 0.4) is 0 Å². The van der Waals surface area contributed by atoms with Gasteiger partial charge in [-0.3, -0.25) is 0 Å². The van der Waals surface area contributed by atoms with Gasteiger partial charge >= 0.3 is 0 Å². The number of rotatable bonds is 7. The average Bonchev–Trinajstić information content (AvgIpc) is 2.91. The molecule has 1 aromatic rings. The van der Waals surface area contributed by atoms with Crippen LogP contribution in [0.25, 0.3) is 0 Å². The number of hydrogen-bond donors (Lipinski definition) is 2. The van der Waals surface area contributed by atoms with Gasteiger partial charge in [-0.15, -0.1) is 0 Å². The lowest BCUT2D eigenvalue weighted by atomic mass is 10.3. The molecule has 96 valence electrons. The second-order valence-corrected chi connectivity index (χ2v) is 6.28. The minimum Gasteiger partial charge on any atom is -0.468 e. The number of furan rings is 1. The molecule has 1 fully saturated rings. The Morgan fingerprint density at radius 1 is 1.53 bits per heavy atom. The molecule has 1 unspecified atom stereocenters. The van der Waals surface area contributed by atoms with E-state index in [2.05, 4.69) is 10.0 Å². The highest BCUT2D eigenvalue weighted by molar-refractivity contribution is 7.89. The standard InChI is InChI=1S/C11H18N2O3S/c1-9(11-3-2-7-16-11)13-17(14,15)8-6-12-10-4-5-10/h2-3,7,9-10,12-13H,4-6,8H2,1H3. The van der Waals surface area contributed by atoms with E-state index < -0.39 is 10.0 Å². The van der Waals surface area contributed by atoms with Crippen molar-refractivity contribution in [1.29, 1.82) is 0 Å². The molecule has 2 N–H and O–H groups in total. The summed E-state index contributed by atoms with van der Waals surface area (Å²) < 4.78 is 31.2. The van der Waals surface area contributed by atoms with E-state index in [4.69, 9.17) is 4.42 Å². The predicted molar refractivity (Wildman–Crippen MR) is 65.1 cm³/mol. The molecule has 1 heterocycles. The minimum absolute atomic E-state index is 0.106. The summed E-state index contributed by atoms with van der Waals surface area (Å²) in [5, 5.41) is 3.18. The second kappa shape index (κ2) is 5.20. The topological polar surface area (TPSA) is 71.3 Å². The van der Waals surface area contributed by atoms with Crippen LogP contribution in [-0.4, -0.2) is 26.8 Å². The molecule has 0 aliphatic heterocycles. The molecule has 1 saturated carbocycles. The lowest BCUT2D eigenvalue weighted by molar-refractivity contribution is 0.459. The van der Waals surface area contributed by atoms with Crippen molar-refractivity contribution >= 4 is 10.0 Å². The van der Waals surface area contributed by atoms with Crippen molar-refractivity contribution in [2.24, 2.45) is 0 Å². The molecule has 0 spiro atoms. The Labute approximate surface area is 102 Å². The van der Waals surface area contributed by atoms with Gasteiger partial charge in [-0.2, -0.15) is 0 Å². The van der Waals surface area contributed by atoms with Crippen LogP contribution in [0.15, 0.2) is 22.8 Å². The fraction of sp³-hybridized carbons (Fsp3) is 0.636. The first-order chi connectivity index (χ1) is 8.07. The Morgan fingerprint density at radius 3 is 2.88 bits per heavy atom. The summed E-state index contributed by atoms with van der Waals surface area (Å²) in [7, 11) is -3.25. The highest BCUT2D eigenvalue weighted by atomic mass is 32.2.